The van der Waals surface area contributed by atoms with Gasteiger partial charge in [0.05, 0.1) is 49.7 Å². The zero-order valence-corrected chi connectivity index (χ0v) is 44.3. The highest BCUT2D eigenvalue weighted by Gasteiger charge is 2.62. The third-order valence-electron chi connectivity index (χ3n) is 16.0. The Morgan fingerprint density at radius 2 is 1.76 bits per heavy atom. The molecule has 10 atom stereocenters. The predicted octanol–water partition coefficient (Wildman–Crippen LogP) is 6.30. The number of thioether (sulfide) groups is 2. The van der Waals surface area contributed by atoms with Crippen molar-refractivity contribution in [1.82, 2.24) is 25.8 Å². The maximum absolute atomic E-state index is 15.3. The molecule has 4 bridgehead atoms. The van der Waals surface area contributed by atoms with Crippen LogP contribution in [0.1, 0.15) is 108 Å². The van der Waals surface area contributed by atoms with Gasteiger partial charge < -0.3 is 53.6 Å². The van der Waals surface area contributed by atoms with Crippen LogP contribution in [0.2, 0.25) is 0 Å². The van der Waals surface area contributed by atoms with E-state index in [4.69, 9.17) is 37.9 Å². The van der Waals surface area contributed by atoms with Crippen LogP contribution in [0.3, 0.4) is 0 Å². The number of urea groups is 1. The van der Waals surface area contributed by atoms with Gasteiger partial charge in [-0.15, -0.1) is 11.8 Å². The van der Waals surface area contributed by atoms with E-state index in [1.807, 2.05) is 38.7 Å². The first kappa shape index (κ1) is 50.4. The molecule has 9 aliphatic rings. The Labute approximate surface area is 437 Å². The van der Waals surface area contributed by atoms with Gasteiger partial charge in [0.25, 0.3) is 0 Å². The Kier molecular flexibility index (Phi) is 13.0. The summed E-state index contributed by atoms with van der Waals surface area (Å²) in [6.07, 6.45) is 2.28. The molecule has 74 heavy (non-hydrogen) atoms. The summed E-state index contributed by atoms with van der Waals surface area (Å²) in [7, 11) is 4.98. The van der Waals surface area contributed by atoms with Crippen molar-refractivity contribution in [2.75, 3.05) is 52.7 Å². The number of rotatable bonds is 9. The first-order valence-electron chi connectivity index (χ1n) is 25.3. The van der Waals surface area contributed by atoms with E-state index in [0.29, 0.717) is 76.6 Å². The molecule has 4 fully saturated rings. The maximum Gasteiger partial charge on any atom is 0.514 e. The van der Waals surface area contributed by atoms with Gasteiger partial charge >= 0.3 is 24.1 Å². The van der Waals surface area contributed by atoms with Crippen LogP contribution in [0.5, 0.6) is 40.2 Å². The largest absolute Gasteiger partial charge is 0.514 e. The Balaban J connectivity index is 1.04. The second kappa shape index (κ2) is 19.1. The lowest BCUT2D eigenvalue weighted by Gasteiger charge is -2.62. The van der Waals surface area contributed by atoms with Crippen molar-refractivity contribution in [3.8, 4) is 46.3 Å². The maximum atomic E-state index is 15.3. The highest BCUT2D eigenvalue weighted by atomic mass is 32.2. The van der Waals surface area contributed by atoms with Crippen molar-refractivity contribution >= 4 is 47.6 Å². The van der Waals surface area contributed by atoms with Crippen molar-refractivity contribution in [2.24, 2.45) is 0 Å². The number of aryl methyl sites for hydroxylation is 1. The van der Waals surface area contributed by atoms with E-state index in [2.05, 4.69) is 31.8 Å². The molecule has 3 aromatic rings. The van der Waals surface area contributed by atoms with Gasteiger partial charge in [-0.25, -0.2) is 14.4 Å². The number of nitrogens with one attached hydrogen (secondary N) is 3. The zero-order valence-electron chi connectivity index (χ0n) is 42.7. The Morgan fingerprint density at radius 3 is 2.51 bits per heavy atom. The molecule has 0 saturated carbocycles. The predicted molar refractivity (Wildman–Crippen MR) is 271 cm³/mol. The van der Waals surface area contributed by atoms with Crippen LogP contribution < -0.4 is 44.4 Å². The van der Waals surface area contributed by atoms with Crippen molar-refractivity contribution in [1.29, 1.82) is 5.26 Å². The van der Waals surface area contributed by atoms with E-state index < -0.39 is 58.7 Å². The fourth-order valence-corrected chi connectivity index (χ4v) is 16.1. The van der Waals surface area contributed by atoms with Gasteiger partial charge in [-0.1, -0.05) is 12.5 Å². The van der Waals surface area contributed by atoms with Crippen molar-refractivity contribution in [3.63, 3.8) is 0 Å². The first-order valence-corrected chi connectivity index (χ1v) is 27.4. The molecule has 4 unspecified atom stereocenters. The van der Waals surface area contributed by atoms with Crippen LogP contribution in [0.25, 0.3) is 0 Å². The zero-order chi connectivity index (χ0) is 52.1. The molecular formula is C53H62N6O13S2. The number of unbranched alkanes of at least 4 members (excludes halogenated alkanes) is 1. The molecule has 19 nitrogen and oxygen atoms in total. The number of nitriles is 1. The summed E-state index contributed by atoms with van der Waals surface area (Å²) in [5.41, 5.74) is 3.18. The fraction of sp³-hybridized carbons (Fsp3) is 0.566. The number of fused-ring (bicyclic) bond motifs is 10. The van der Waals surface area contributed by atoms with Crippen molar-refractivity contribution in [2.45, 2.75) is 137 Å². The molecule has 394 valence electrons. The number of aromatic hydroxyl groups is 1. The molecule has 9 heterocycles. The smallest absolute Gasteiger partial charge is 0.504 e. The summed E-state index contributed by atoms with van der Waals surface area (Å²) in [4.78, 5) is 59.1. The van der Waals surface area contributed by atoms with Gasteiger partial charge in [0.1, 0.15) is 24.0 Å². The highest BCUT2D eigenvalue weighted by molar-refractivity contribution is 8.00. The van der Waals surface area contributed by atoms with Gasteiger partial charge in [-0.05, 0) is 102 Å². The SMILES string of the molecule is COc1cc2c(cc1OC(=O)OC(C)(C)C)CCN[C@]21CS[C@@H]2c3c(OC(=O)CCCCC4SCC5NC(=O)NC54)c(C)c4c(c3[C@H](COC1=O)N1C2[C@H]2c3c(cc(C)c(OC)c3O)C[C@@H]([C@@H]1C#N)N2C)OCO4. The minimum atomic E-state index is -1.49. The number of phenolic OH excluding ortho intramolecular Hbond substituents is 1. The number of esters is 2. The number of methoxy groups -OCH3 is 2. The lowest BCUT2D eigenvalue weighted by Crippen LogP contribution is -2.69. The number of likely N-dealkylation sites (N-methyl/N-ethyl adjacent to an activating group) is 1. The standard InChI is InChI=1S/C53H62N6O13S2/c1-24-15-27-16-30-31(19-54)59-32-20-67-49(62)53(28-18-33(65-7)34(17-26(28)13-14-55-53)70-51(64)72-52(3,4)5)22-74-48(42(59)41(58(30)6)37(27)43(61)44(24)66-8)39-38(32)47-46(68-23-69-47)25(2)45(39)71-36(60)12-10-9-11-35-40-29(21-73-35)56-50(63)57-40/h15,17-18,29-32,35,40-42,48,55,61H,9-14,16,20-23H2,1-8H3,(H2,56,57,63)/t29?,30-,31-,32-,35?,40?,41+,42?,48+,53+/m0/s1. The monoisotopic (exact) mass is 1050 g/mol. The van der Waals surface area contributed by atoms with E-state index in [1.165, 1.54) is 26.0 Å². The van der Waals surface area contributed by atoms with Crippen molar-refractivity contribution < 1.29 is 62.2 Å². The molecule has 9 aliphatic heterocycles. The molecule has 0 radical (unpaired) electrons. The van der Waals surface area contributed by atoms with E-state index in [0.717, 1.165) is 35.3 Å². The molecule has 0 aliphatic carbocycles. The molecule has 3 aromatic carbocycles. The van der Waals surface area contributed by atoms with E-state index in [-0.39, 0.29) is 72.2 Å². The Bertz CT molecular complexity index is 2890. The normalized spacial score (nSPS) is 29.3. The third kappa shape index (κ3) is 8.21. The van der Waals surface area contributed by atoms with Crippen LogP contribution in [0, 0.1) is 25.2 Å². The summed E-state index contributed by atoms with van der Waals surface area (Å²) in [5, 5.41) is 33.0. The van der Waals surface area contributed by atoms with Crippen LogP contribution in [0.15, 0.2) is 18.2 Å². The lowest BCUT2D eigenvalue weighted by molar-refractivity contribution is -0.157. The minimum Gasteiger partial charge on any atom is -0.504 e. The molecule has 0 aromatic heterocycles. The van der Waals surface area contributed by atoms with Crippen LogP contribution in [-0.2, 0) is 37.4 Å². The average molecular weight is 1060 g/mol. The molecular weight excluding hydrogens is 993 g/mol. The van der Waals surface area contributed by atoms with Crippen LogP contribution in [-0.4, -0.2) is 133 Å². The number of carbonyl (C=O) groups excluding carboxylic acids is 4. The van der Waals surface area contributed by atoms with Gasteiger partial charge in [0.2, 0.25) is 6.79 Å². The second-order valence-corrected chi connectivity index (χ2v) is 23.8. The molecule has 4 saturated heterocycles. The van der Waals surface area contributed by atoms with Crippen LogP contribution >= 0.6 is 23.5 Å². The summed E-state index contributed by atoms with van der Waals surface area (Å²) < 4.78 is 48.8. The van der Waals surface area contributed by atoms with Gasteiger partial charge in [0, 0.05) is 64.1 Å². The van der Waals surface area contributed by atoms with Crippen LogP contribution in [0.4, 0.5) is 9.59 Å². The van der Waals surface area contributed by atoms with E-state index >= 15 is 4.79 Å². The summed E-state index contributed by atoms with van der Waals surface area (Å²) in [6.45, 7) is 8.98. The van der Waals surface area contributed by atoms with Crippen molar-refractivity contribution in [3.05, 3.63) is 62.7 Å². The number of benzene rings is 3. The van der Waals surface area contributed by atoms with Gasteiger partial charge in [0.15, 0.2) is 40.0 Å². The number of hydrogen-bond acceptors (Lipinski definition) is 19. The quantitative estimate of drug-likeness (QED) is 0.0606. The molecule has 2 amide bonds. The topological polar surface area (TPSA) is 229 Å². The minimum absolute atomic E-state index is 0.0141. The number of amides is 2. The van der Waals surface area contributed by atoms with E-state index in [9.17, 15) is 24.8 Å². The molecule has 12 rings (SSSR count). The summed E-state index contributed by atoms with van der Waals surface area (Å²) >= 11 is 3.29. The van der Waals surface area contributed by atoms with Gasteiger partial charge in [-0.3, -0.25) is 19.9 Å². The number of piperazine rings is 1. The second-order valence-electron chi connectivity index (χ2n) is 21.4. The molecule has 1 spiro atoms. The number of nitrogens with zero attached hydrogens (tertiary/aromatic N) is 3. The molecule has 21 heteroatoms. The summed E-state index contributed by atoms with van der Waals surface area (Å²) in [6, 6.07) is 5.06. The Morgan fingerprint density at radius 1 is 0.959 bits per heavy atom. The highest BCUT2D eigenvalue weighted by Crippen LogP contribution is 2.65. The lowest BCUT2D eigenvalue weighted by atomic mass is 9.71. The number of phenols is 1. The number of ether oxygens (including phenoxy) is 8. The summed E-state index contributed by atoms with van der Waals surface area (Å²) in [5.74, 6) is 1.78. The molecule has 4 N–H and O–H groups in total. The number of hydrogen-bond donors (Lipinski definition) is 4. The Hall–Kier alpha value is -5.79. The third-order valence-corrected chi connectivity index (χ3v) is 19.0. The van der Waals surface area contributed by atoms with E-state index in [1.54, 1.807) is 32.9 Å². The van der Waals surface area contributed by atoms with Gasteiger partial charge in [-0.2, -0.15) is 17.0 Å². The number of carbonyl (C=O) groups is 4. The fourth-order valence-electron chi connectivity index (χ4n) is 12.9. The average Bonchev–Trinajstić information content (AvgIpc) is 4.11. The first-order chi connectivity index (χ1) is 35.5.